The van der Waals surface area contributed by atoms with E-state index in [1.807, 2.05) is 49.5 Å². The molecule has 0 saturated heterocycles. The molecule has 5 nitrogen and oxygen atoms in total. The molecular formula is C21H21N3O2S. The van der Waals surface area contributed by atoms with Crippen LogP contribution in [0, 0.1) is 0 Å². The number of nitrogens with zero attached hydrogens (tertiary/aromatic N) is 1. The summed E-state index contributed by atoms with van der Waals surface area (Å²) in [6, 6.07) is 13.5. The number of nitrogens with one attached hydrogen (secondary N) is 2. The molecule has 0 aliphatic heterocycles. The molecule has 138 valence electrons. The van der Waals surface area contributed by atoms with E-state index in [0.29, 0.717) is 11.1 Å². The highest BCUT2D eigenvalue weighted by Gasteiger charge is 2.15. The Kier molecular flexibility index (Phi) is 4.92. The Morgan fingerprint density at radius 3 is 2.78 bits per heavy atom. The molecule has 4 aromatic rings. The fourth-order valence-corrected chi connectivity index (χ4v) is 4.39. The van der Waals surface area contributed by atoms with Gasteiger partial charge in [-0.25, -0.2) is 4.98 Å². The van der Waals surface area contributed by atoms with Gasteiger partial charge in [0, 0.05) is 22.0 Å². The van der Waals surface area contributed by atoms with Crippen molar-refractivity contribution in [3.05, 3.63) is 52.7 Å². The molecule has 0 spiro atoms. The summed E-state index contributed by atoms with van der Waals surface area (Å²) in [5.41, 5.74) is 0.849. The van der Waals surface area contributed by atoms with Gasteiger partial charge in [0.25, 0.3) is 0 Å². The Balaban J connectivity index is 2.00. The van der Waals surface area contributed by atoms with E-state index in [-0.39, 0.29) is 5.43 Å². The van der Waals surface area contributed by atoms with Crippen molar-refractivity contribution in [2.45, 2.75) is 6.42 Å². The molecule has 2 heterocycles. The van der Waals surface area contributed by atoms with Crippen molar-refractivity contribution in [1.82, 2.24) is 10.3 Å². The lowest BCUT2D eigenvalue weighted by molar-refractivity contribution is 0.415. The topological polar surface area (TPSA) is 63.2 Å². The third-order valence-corrected chi connectivity index (χ3v) is 5.79. The van der Waals surface area contributed by atoms with Crippen LogP contribution in [0.4, 0.5) is 5.82 Å². The minimum atomic E-state index is 0.0227. The molecule has 0 radical (unpaired) electrons. The van der Waals surface area contributed by atoms with Gasteiger partial charge in [0.2, 0.25) is 0 Å². The zero-order valence-corrected chi connectivity index (χ0v) is 16.2. The fraction of sp³-hybridized carbons (Fsp3) is 0.238. The van der Waals surface area contributed by atoms with Gasteiger partial charge in [-0.05, 0) is 44.3 Å². The number of benzene rings is 2. The van der Waals surface area contributed by atoms with Gasteiger partial charge in [-0.1, -0.05) is 18.2 Å². The Morgan fingerprint density at radius 2 is 1.96 bits per heavy atom. The van der Waals surface area contributed by atoms with Gasteiger partial charge in [-0.2, -0.15) is 0 Å². The first-order valence-electron chi connectivity index (χ1n) is 8.94. The van der Waals surface area contributed by atoms with Crippen LogP contribution >= 0.6 is 11.3 Å². The summed E-state index contributed by atoms with van der Waals surface area (Å²) >= 11 is 1.59. The quantitative estimate of drug-likeness (QED) is 0.301. The van der Waals surface area contributed by atoms with Gasteiger partial charge in [0.05, 0.1) is 22.7 Å². The van der Waals surface area contributed by atoms with E-state index in [0.717, 1.165) is 51.0 Å². The first kappa shape index (κ1) is 17.7. The van der Waals surface area contributed by atoms with Crippen LogP contribution in [-0.4, -0.2) is 32.2 Å². The van der Waals surface area contributed by atoms with E-state index in [2.05, 4.69) is 10.6 Å². The first-order valence-corrected chi connectivity index (χ1v) is 9.76. The van der Waals surface area contributed by atoms with Crippen LogP contribution < -0.4 is 20.8 Å². The Bertz CT molecular complexity index is 1190. The average Bonchev–Trinajstić information content (AvgIpc) is 2.71. The predicted molar refractivity (Wildman–Crippen MR) is 114 cm³/mol. The number of hydrogen-bond acceptors (Lipinski definition) is 6. The average molecular weight is 379 g/mol. The molecule has 2 N–H and O–H groups in total. The van der Waals surface area contributed by atoms with Gasteiger partial charge in [-0.15, -0.1) is 11.3 Å². The summed E-state index contributed by atoms with van der Waals surface area (Å²) in [4.78, 5) is 18.2. The lowest BCUT2D eigenvalue weighted by Crippen LogP contribution is -2.14. The molecule has 0 atom stereocenters. The second kappa shape index (κ2) is 7.50. The third-order valence-electron chi connectivity index (χ3n) is 4.61. The molecule has 0 amide bonds. The number of rotatable bonds is 6. The first-order chi connectivity index (χ1) is 13.2. The summed E-state index contributed by atoms with van der Waals surface area (Å²) in [5.74, 6) is 1.47. The van der Waals surface area contributed by atoms with Crippen molar-refractivity contribution in [3.63, 3.8) is 0 Å². The summed E-state index contributed by atoms with van der Waals surface area (Å²) in [6.45, 7) is 1.72. The summed E-state index contributed by atoms with van der Waals surface area (Å²) in [6.07, 6.45) is 0.978. The smallest absolute Gasteiger partial charge is 0.196 e. The maximum Gasteiger partial charge on any atom is 0.196 e. The van der Waals surface area contributed by atoms with Crippen molar-refractivity contribution in [1.29, 1.82) is 0 Å². The van der Waals surface area contributed by atoms with Crippen LogP contribution in [-0.2, 0) is 0 Å². The SMILES string of the molecule is CNCCCNc1nc2ccccc2c2c(=O)c3cc(OC)ccc3sc12. The number of aromatic nitrogens is 1. The molecule has 6 heteroatoms. The number of pyridine rings is 1. The predicted octanol–water partition coefficient (Wildman–Crippen LogP) is 3.99. The van der Waals surface area contributed by atoms with Crippen molar-refractivity contribution in [2.24, 2.45) is 0 Å². The Labute approximate surface area is 161 Å². The monoisotopic (exact) mass is 379 g/mol. The highest BCUT2D eigenvalue weighted by molar-refractivity contribution is 7.25. The van der Waals surface area contributed by atoms with Gasteiger partial charge in [0.15, 0.2) is 5.43 Å². The molecule has 2 aromatic carbocycles. The fourth-order valence-electron chi connectivity index (χ4n) is 3.26. The van der Waals surface area contributed by atoms with Crippen LogP contribution in [0.15, 0.2) is 47.3 Å². The molecule has 0 aliphatic rings. The summed E-state index contributed by atoms with van der Waals surface area (Å²) < 4.78 is 7.15. The van der Waals surface area contributed by atoms with Crippen molar-refractivity contribution >= 4 is 48.2 Å². The highest BCUT2D eigenvalue weighted by atomic mass is 32.1. The maximum absolute atomic E-state index is 13.4. The lowest BCUT2D eigenvalue weighted by atomic mass is 10.1. The van der Waals surface area contributed by atoms with Crippen LogP contribution in [0.2, 0.25) is 0 Å². The van der Waals surface area contributed by atoms with E-state index < -0.39 is 0 Å². The standard InChI is InChI=1S/C21H21N3O2S/c1-22-10-5-11-23-21-20-18(14-6-3-4-7-16(14)24-21)19(25)15-12-13(26-2)8-9-17(15)27-20/h3-4,6-9,12,22H,5,10-11H2,1-2H3,(H,23,24). The summed E-state index contributed by atoms with van der Waals surface area (Å²) in [7, 11) is 3.55. The zero-order valence-electron chi connectivity index (χ0n) is 15.3. The molecule has 0 unspecified atom stereocenters. The van der Waals surface area contributed by atoms with E-state index in [1.54, 1.807) is 18.4 Å². The van der Waals surface area contributed by atoms with E-state index >= 15 is 0 Å². The highest BCUT2D eigenvalue weighted by Crippen LogP contribution is 2.34. The molecule has 0 fully saturated rings. The minimum Gasteiger partial charge on any atom is -0.497 e. The van der Waals surface area contributed by atoms with Gasteiger partial charge < -0.3 is 15.4 Å². The van der Waals surface area contributed by atoms with Gasteiger partial charge >= 0.3 is 0 Å². The summed E-state index contributed by atoms with van der Waals surface area (Å²) in [5, 5.41) is 8.87. The van der Waals surface area contributed by atoms with Gasteiger partial charge in [0.1, 0.15) is 11.6 Å². The third kappa shape index (κ3) is 3.22. The molecule has 2 aromatic heterocycles. The Hall–Kier alpha value is -2.70. The lowest BCUT2D eigenvalue weighted by Gasteiger charge is -2.12. The molecule has 0 aliphatic carbocycles. The number of methoxy groups -OCH3 is 1. The van der Waals surface area contributed by atoms with Crippen LogP contribution in [0.1, 0.15) is 6.42 Å². The number of para-hydroxylation sites is 1. The van der Waals surface area contributed by atoms with Crippen molar-refractivity contribution in [2.75, 3.05) is 32.6 Å². The largest absolute Gasteiger partial charge is 0.497 e. The molecular weight excluding hydrogens is 358 g/mol. The number of ether oxygens (including phenoxy) is 1. The number of anilines is 1. The van der Waals surface area contributed by atoms with Crippen LogP contribution in [0.25, 0.3) is 31.1 Å². The van der Waals surface area contributed by atoms with Crippen molar-refractivity contribution in [3.8, 4) is 5.75 Å². The second-order valence-electron chi connectivity index (χ2n) is 6.36. The zero-order chi connectivity index (χ0) is 18.8. The maximum atomic E-state index is 13.4. The minimum absolute atomic E-state index is 0.0227. The van der Waals surface area contributed by atoms with Crippen LogP contribution in [0.5, 0.6) is 5.75 Å². The number of hydrogen-bond donors (Lipinski definition) is 2. The second-order valence-corrected chi connectivity index (χ2v) is 7.41. The van der Waals surface area contributed by atoms with E-state index in [1.165, 1.54) is 0 Å². The molecule has 4 rings (SSSR count). The van der Waals surface area contributed by atoms with Crippen molar-refractivity contribution < 1.29 is 4.74 Å². The molecule has 0 saturated carbocycles. The van der Waals surface area contributed by atoms with Crippen LogP contribution in [0.3, 0.4) is 0 Å². The Morgan fingerprint density at radius 1 is 1.11 bits per heavy atom. The molecule has 0 bridgehead atoms. The normalized spacial score (nSPS) is 11.3. The number of fused-ring (bicyclic) bond motifs is 4. The molecule has 27 heavy (non-hydrogen) atoms. The van der Waals surface area contributed by atoms with Gasteiger partial charge in [-0.3, -0.25) is 4.79 Å². The van der Waals surface area contributed by atoms with E-state index in [4.69, 9.17) is 9.72 Å². The van der Waals surface area contributed by atoms with E-state index in [9.17, 15) is 4.79 Å².